The minimum atomic E-state index is -0.635. The standard InChI is InChI=1S/C10H12FNO.ClH/c11-7-2-3-8-6(5-7)1-4-9(12)10(8)13;/h2-3,5,9-10,13H,1,4,12H2;1H. The van der Waals surface area contributed by atoms with Crippen molar-refractivity contribution < 1.29 is 9.50 Å². The fourth-order valence-corrected chi connectivity index (χ4v) is 1.79. The maximum Gasteiger partial charge on any atom is 0.123 e. The van der Waals surface area contributed by atoms with Crippen molar-refractivity contribution in [2.24, 2.45) is 5.73 Å². The number of hydrogen-bond donors (Lipinski definition) is 2. The van der Waals surface area contributed by atoms with E-state index < -0.39 is 6.10 Å². The Balaban J connectivity index is 0.000000980. The van der Waals surface area contributed by atoms with E-state index in [1.54, 1.807) is 6.07 Å². The summed E-state index contributed by atoms with van der Waals surface area (Å²) < 4.78 is 12.8. The average molecular weight is 218 g/mol. The van der Waals surface area contributed by atoms with Gasteiger partial charge in [0, 0.05) is 6.04 Å². The molecule has 78 valence electrons. The molecule has 2 rings (SSSR count). The van der Waals surface area contributed by atoms with Crippen LogP contribution < -0.4 is 5.73 Å². The van der Waals surface area contributed by atoms with Gasteiger partial charge in [-0.15, -0.1) is 12.4 Å². The number of rotatable bonds is 0. The number of halogens is 2. The highest BCUT2D eigenvalue weighted by Crippen LogP contribution is 2.29. The maximum atomic E-state index is 12.8. The number of benzene rings is 1. The number of hydrogen-bond acceptors (Lipinski definition) is 2. The van der Waals surface area contributed by atoms with E-state index in [2.05, 4.69) is 0 Å². The number of fused-ring (bicyclic) bond motifs is 1. The molecule has 0 aliphatic heterocycles. The lowest BCUT2D eigenvalue weighted by molar-refractivity contribution is 0.133. The van der Waals surface area contributed by atoms with Crippen LogP contribution in [0.5, 0.6) is 0 Å². The molecule has 0 fully saturated rings. The topological polar surface area (TPSA) is 46.2 Å². The fraction of sp³-hybridized carbons (Fsp3) is 0.400. The molecule has 14 heavy (non-hydrogen) atoms. The van der Waals surface area contributed by atoms with E-state index in [1.807, 2.05) is 0 Å². The molecule has 2 atom stereocenters. The molecule has 3 N–H and O–H groups in total. The lowest BCUT2D eigenvalue weighted by Gasteiger charge is -2.27. The minimum Gasteiger partial charge on any atom is -0.387 e. The summed E-state index contributed by atoms with van der Waals surface area (Å²) in [6.45, 7) is 0. The quantitative estimate of drug-likeness (QED) is 0.693. The Kier molecular flexibility index (Phi) is 3.48. The third-order valence-corrected chi connectivity index (χ3v) is 2.58. The summed E-state index contributed by atoms with van der Waals surface area (Å²) in [7, 11) is 0. The van der Waals surface area contributed by atoms with Gasteiger partial charge in [0.05, 0.1) is 6.10 Å². The van der Waals surface area contributed by atoms with Crippen LogP contribution in [0, 0.1) is 5.82 Å². The molecule has 0 radical (unpaired) electrons. The van der Waals surface area contributed by atoms with E-state index in [-0.39, 0.29) is 24.3 Å². The Labute approximate surface area is 88.3 Å². The van der Waals surface area contributed by atoms with Crippen LogP contribution in [-0.4, -0.2) is 11.1 Å². The van der Waals surface area contributed by atoms with Crippen molar-refractivity contribution in [2.45, 2.75) is 25.0 Å². The van der Waals surface area contributed by atoms with Gasteiger partial charge in [0.1, 0.15) is 5.82 Å². The molecule has 0 bridgehead atoms. The zero-order chi connectivity index (χ0) is 9.42. The first-order chi connectivity index (χ1) is 6.18. The Morgan fingerprint density at radius 1 is 1.43 bits per heavy atom. The molecular formula is C10H13ClFNO. The largest absolute Gasteiger partial charge is 0.387 e. The van der Waals surface area contributed by atoms with E-state index >= 15 is 0 Å². The molecule has 0 aromatic heterocycles. The van der Waals surface area contributed by atoms with E-state index in [9.17, 15) is 9.50 Å². The average Bonchev–Trinajstić information content (AvgIpc) is 2.12. The first-order valence-electron chi connectivity index (χ1n) is 4.40. The Morgan fingerprint density at radius 3 is 2.86 bits per heavy atom. The second kappa shape index (κ2) is 4.26. The lowest BCUT2D eigenvalue weighted by atomic mass is 9.86. The van der Waals surface area contributed by atoms with Crippen LogP contribution in [-0.2, 0) is 6.42 Å². The Morgan fingerprint density at radius 2 is 2.14 bits per heavy atom. The minimum absolute atomic E-state index is 0. The highest BCUT2D eigenvalue weighted by molar-refractivity contribution is 5.85. The highest BCUT2D eigenvalue weighted by Gasteiger charge is 2.24. The van der Waals surface area contributed by atoms with E-state index in [0.29, 0.717) is 0 Å². The normalized spacial score (nSPS) is 25.1. The molecular weight excluding hydrogens is 205 g/mol. The van der Waals surface area contributed by atoms with Crippen LogP contribution in [0.25, 0.3) is 0 Å². The van der Waals surface area contributed by atoms with Crippen LogP contribution in [0.2, 0.25) is 0 Å². The smallest absolute Gasteiger partial charge is 0.123 e. The van der Waals surface area contributed by atoms with Crippen molar-refractivity contribution in [3.05, 3.63) is 35.1 Å². The molecule has 2 unspecified atom stereocenters. The molecule has 2 nitrogen and oxygen atoms in total. The summed E-state index contributed by atoms with van der Waals surface area (Å²) in [4.78, 5) is 0. The van der Waals surface area contributed by atoms with Gasteiger partial charge < -0.3 is 10.8 Å². The van der Waals surface area contributed by atoms with Gasteiger partial charge in [-0.25, -0.2) is 4.39 Å². The summed E-state index contributed by atoms with van der Waals surface area (Å²) in [6, 6.07) is 4.25. The summed E-state index contributed by atoms with van der Waals surface area (Å²) in [6.07, 6.45) is 0.840. The molecule has 1 aromatic rings. The SMILES string of the molecule is Cl.NC1CCc2cc(F)ccc2C1O. The number of aryl methyl sites for hydroxylation is 1. The van der Waals surface area contributed by atoms with Gasteiger partial charge in [-0.3, -0.25) is 0 Å². The molecule has 1 aliphatic rings. The monoisotopic (exact) mass is 217 g/mol. The van der Waals surface area contributed by atoms with E-state index in [1.165, 1.54) is 12.1 Å². The number of nitrogens with two attached hydrogens (primary N) is 1. The van der Waals surface area contributed by atoms with Crippen molar-refractivity contribution in [3.63, 3.8) is 0 Å². The third kappa shape index (κ3) is 1.90. The second-order valence-corrected chi connectivity index (χ2v) is 3.49. The predicted octanol–water partition coefficient (Wildman–Crippen LogP) is 1.55. The van der Waals surface area contributed by atoms with Gasteiger partial charge in [0.15, 0.2) is 0 Å². The highest BCUT2D eigenvalue weighted by atomic mass is 35.5. The van der Waals surface area contributed by atoms with Crippen LogP contribution in [0.15, 0.2) is 18.2 Å². The van der Waals surface area contributed by atoms with Gasteiger partial charge in [-0.1, -0.05) is 6.07 Å². The summed E-state index contributed by atoms with van der Waals surface area (Å²) in [5.74, 6) is -0.249. The molecule has 0 saturated heterocycles. The molecule has 1 aliphatic carbocycles. The van der Waals surface area contributed by atoms with Gasteiger partial charge in [-0.05, 0) is 36.1 Å². The maximum absolute atomic E-state index is 12.8. The zero-order valence-electron chi connectivity index (χ0n) is 7.61. The lowest BCUT2D eigenvalue weighted by Crippen LogP contribution is -2.32. The molecule has 0 saturated carbocycles. The molecule has 0 amide bonds. The number of aliphatic hydroxyl groups is 1. The van der Waals surface area contributed by atoms with Crippen molar-refractivity contribution in [2.75, 3.05) is 0 Å². The van der Waals surface area contributed by atoms with Crippen LogP contribution in [0.3, 0.4) is 0 Å². The van der Waals surface area contributed by atoms with Crippen LogP contribution in [0.4, 0.5) is 4.39 Å². The van der Waals surface area contributed by atoms with E-state index in [4.69, 9.17) is 5.73 Å². The predicted molar refractivity (Wildman–Crippen MR) is 54.9 cm³/mol. The van der Waals surface area contributed by atoms with Crippen molar-refractivity contribution in [1.82, 2.24) is 0 Å². The Bertz CT molecular complexity index is 332. The fourth-order valence-electron chi connectivity index (χ4n) is 1.79. The molecule has 1 aromatic carbocycles. The van der Waals surface area contributed by atoms with Crippen LogP contribution >= 0.6 is 12.4 Å². The third-order valence-electron chi connectivity index (χ3n) is 2.58. The van der Waals surface area contributed by atoms with Gasteiger partial charge in [0.25, 0.3) is 0 Å². The zero-order valence-corrected chi connectivity index (χ0v) is 8.43. The Hall–Kier alpha value is -0.640. The van der Waals surface area contributed by atoms with Gasteiger partial charge >= 0.3 is 0 Å². The molecule has 0 spiro atoms. The first kappa shape index (κ1) is 11.4. The van der Waals surface area contributed by atoms with Crippen LogP contribution in [0.1, 0.15) is 23.7 Å². The summed E-state index contributed by atoms with van der Waals surface area (Å²) in [5, 5.41) is 9.67. The van der Waals surface area contributed by atoms with Gasteiger partial charge in [0.2, 0.25) is 0 Å². The van der Waals surface area contributed by atoms with Gasteiger partial charge in [-0.2, -0.15) is 0 Å². The van der Waals surface area contributed by atoms with E-state index in [0.717, 1.165) is 24.0 Å². The summed E-state index contributed by atoms with van der Waals surface area (Å²) >= 11 is 0. The molecule has 0 heterocycles. The van der Waals surface area contributed by atoms with Crippen molar-refractivity contribution in [3.8, 4) is 0 Å². The van der Waals surface area contributed by atoms with Crippen molar-refractivity contribution in [1.29, 1.82) is 0 Å². The van der Waals surface area contributed by atoms with Crippen molar-refractivity contribution >= 4 is 12.4 Å². The molecule has 4 heteroatoms. The first-order valence-corrected chi connectivity index (χ1v) is 4.40. The number of aliphatic hydroxyl groups excluding tert-OH is 1. The summed E-state index contributed by atoms with van der Waals surface area (Å²) in [5.41, 5.74) is 7.35. The second-order valence-electron chi connectivity index (χ2n) is 3.49.